The maximum Gasteiger partial charge on any atom is 0.120 e. The highest BCUT2D eigenvalue weighted by Crippen LogP contribution is 2.38. The van der Waals surface area contributed by atoms with Gasteiger partial charge in [-0.3, -0.25) is 5.10 Å². The van der Waals surface area contributed by atoms with Crippen LogP contribution < -0.4 is 0 Å². The van der Waals surface area contributed by atoms with E-state index >= 15 is 0 Å². The molecule has 0 radical (unpaired) electrons. The van der Waals surface area contributed by atoms with Crippen LogP contribution in [0.3, 0.4) is 0 Å². The smallest absolute Gasteiger partial charge is 0.120 e. The molecule has 0 spiro atoms. The van der Waals surface area contributed by atoms with Crippen LogP contribution in [-0.4, -0.2) is 30.5 Å². The average Bonchev–Trinajstić information content (AvgIpc) is 3.10. The fraction of sp³-hybridized carbons (Fsp3) is 0.368. The molecule has 0 aromatic carbocycles. The maximum absolute atomic E-state index is 9.80. The standard InChI is InChI=1S/C19H20N4O/c1-19(2,24)7-6-14-8-16-17(13-9-21-22-10-13)12-23(15-4-3-5-15)18(16)11-20-14/h8-12,15,24H,3-5H2,1-2H3,(H,21,22). The van der Waals surface area contributed by atoms with E-state index in [9.17, 15) is 5.11 Å². The highest BCUT2D eigenvalue weighted by Gasteiger charge is 2.23. The third-order valence-corrected chi connectivity index (χ3v) is 4.49. The molecular weight excluding hydrogens is 300 g/mol. The Hall–Kier alpha value is -2.58. The quantitative estimate of drug-likeness (QED) is 0.712. The molecule has 0 amide bonds. The van der Waals surface area contributed by atoms with Gasteiger partial charge in [-0.1, -0.05) is 5.92 Å². The normalized spacial score (nSPS) is 15.1. The second kappa shape index (κ2) is 5.50. The average molecular weight is 320 g/mol. The van der Waals surface area contributed by atoms with E-state index in [2.05, 4.69) is 37.8 Å². The van der Waals surface area contributed by atoms with Crippen molar-refractivity contribution < 1.29 is 5.11 Å². The monoisotopic (exact) mass is 320 g/mol. The number of rotatable bonds is 2. The van der Waals surface area contributed by atoms with Crippen molar-refractivity contribution in [2.75, 3.05) is 0 Å². The number of hydrogen-bond donors (Lipinski definition) is 2. The number of nitrogens with one attached hydrogen (secondary N) is 1. The van der Waals surface area contributed by atoms with Crippen molar-refractivity contribution in [1.29, 1.82) is 0 Å². The number of pyridine rings is 1. The number of aliphatic hydroxyl groups is 1. The van der Waals surface area contributed by atoms with Gasteiger partial charge in [-0.2, -0.15) is 5.10 Å². The zero-order chi connectivity index (χ0) is 16.7. The van der Waals surface area contributed by atoms with Crippen LogP contribution in [0.25, 0.3) is 22.0 Å². The van der Waals surface area contributed by atoms with E-state index < -0.39 is 5.60 Å². The molecule has 1 aliphatic rings. The van der Waals surface area contributed by atoms with Crippen LogP contribution >= 0.6 is 0 Å². The lowest BCUT2D eigenvalue weighted by Gasteiger charge is -2.27. The van der Waals surface area contributed by atoms with E-state index in [-0.39, 0.29) is 0 Å². The van der Waals surface area contributed by atoms with Gasteiger partial charge in [0.25, 0.3) is 0 Å². The van der Waals surface area contributed by atoms with Gasteiger partial charge in [0.15, 0.2) is 0 Å². The molecule has 4 rings (SSSR count). The molecule has 2 N–H and O–H groups in total. The van der Waals surface area contributed by atoms with Crippen LogP contribution in [0.4, 0.5) is 0 Å². The van der Waals surface area contributed by atoms with Gasteiger partial charge in [0.05, 0.1) is 17.9 Å². The lowest BCUT2D eigenvalue weighted by molar-refractivity contribution is 0.143. The lowest BCUT2D eigenvalue weighted by Crippen LogP contribution is -2.15. The summed E-state index contributed by atoms with van der Waals surface area (Å²) in [6.45, 7) is 3.34. The Bertz CT molecular complexity index is 932. The zero-order valence-corrected chi connectivity index (χ0v) is 13.9. The molecule has 1 saturated carbocycles. The summed E-state index contributed by atoms with van der Waals surface area (Å²) in [5.74, 6) is 5.80. The van der Waals surface area contributed by atoms with Crippen molar-refractivity contribution in [3.8, 4) is 23.0 Å². The third-order valence-electron chi connectivity index (χ3n) is 4.49. The Morgan fingerprint density at radius 1 is 1.33 bits per heavy atom. The van der Waals surface area contributed by atoms with Gasteiger partial charge in [0.2, 0.25) is 0 Å². The third kappa shape index (κ3) is 2.70. The number of aromatic nitrogens is 4. The van der Waals surface area contributed by atoms with Crippen molar-refractivity contribution >= 4 is 10.9 Å². The Morgan fingerprint density at radius 2 is 2.17 bits per heavy atom. The molecule has 0 aliphatic heterocycles. The van der Waals surface area contributed by atoms with Gasteiger partial charge in [0.1, 0.15) is 11.3 Å². The first-order valence-corrected chi connectivity index (χ1v) is 8.26. The highest BCUT2D eigenvalue weighted by atomic mass is 16.3. The first-order valence-electron chi connectivity index (χ1n) is 8.26. The molecule has 1 aliphatic carbocycles. The number of hydrogen-bond acceptors (Lipinski definition) is 3. The van der Waals surface area contributed by atoms with Crippen LogP contribution in [0.5, 0.6) is 0 Å². The molecule has 0 saturated heterocycles. The Kier molecular flexibility index (Phi) is 3.43. The van der Waals surface area contributed by atoms with E-state index in [0.29, 0.717) is 11.7 Å². The topological polar surface area (TPSA) is 66.7 Å². The summed E-state index contributed by atoms with van der Waals surface area (Å²) in [6.07, 6.45) is 11.6. The summed E-state index contributed by atoms with van der Waals surface area (Å²) < 4.78 is 2.33. The van der Waals surface area contributed by atoms with E-state index in [1.54, 1.807) is 13.8 Å². The van der Waals surface area contributed by atoms with Crippen LogP contribution in [-0.2, 0) is 0 Å². The van der Waals surface area contributed by atoms with Gasteiger partial charge >= 0.3 is 0 Å². The van der Waals surface area contributed by atoms with Crippen LogP contribution in [0.15, 0.2) is 30.9 Å². The Balaban J connectivity index is 1.87. The molecule has 3 aromatic heterocycles. The van der Waals surface area contributed by atoms with E-state index in [1.165, 1.54) is 19.3 Å². The minimum absolute atomic E-state index is 0.559. The molecule has 3 heterocycles. The first kappa shape index (κ1) is 15.0. The van der Waals surface area contributed by atoms with E-state index in [4.69, 9.17) is 0 Å². The Morgan fingerprint density at radius 3 is 2.79 bits per heavy atom. The summed E-state index contributed by atoms with van der Waals surface area (Å²) in [4.78, 5) is 4.48. The van der Waals surface area contributed by atoms with Gasteiger partial charge in [-0.25, -0.2) is 4.98 Å². The molecule has 24 heavy (non-hydrogen) atoms. The molecule has 3 aromatic rings. The summed E-state index contributed by atoms with van der Waals surface area (Å²) >= 11 is 0. The van der Waals surface area contributed by atoms with Crippen molar-refractivity contribution in [3.63, 3.8) is 0 Å². The molecule has 0 atom stereocenters. The van der Waals surface area contributed by atoms with Crippen molar-refractivity contribution in [2.45, 2.75) is 44.8 Å². The van der Waals surface area contributed by atoms with E-state index in [0.717, 1.165) is 22.0 Å². The van der Waals surface area contributed by atoms with Crippen molar-refractivity contribution in [2.24, 2.45) is 0 Å². The largest absolute Gasteiger partial charge is 0.378 e. The molecule has 5 nitrogen and oxygen atoms in total. The van der Waals surface area contributed by atoms with Gasteiger partial charge in [-0.15, -0.1) is 0 Å². The highest BCUT2D eigenvalue weighted by molar-refractivity contribution is 5.96. The molecule has 1 fully saturated rings. The van der Waals surface area contributed by atoms with Gasteiger partial charge in [-0.05, 0) is 45.1 Å². The van der Waals surface area contributed by atoms with Gasteiger partial charge < -0.3 is 9.67 Å². The SMILES string of the molecule is CC(C)(O)C#Cc1cc2c(-c3cn[nH]c3)cn(C3CCC3)c2cn1. The van der Waals surface area contributed by atoms with Gasteiger partial charge in [0, 0.05) is 34.9 Å². The van der Waals surface area contributed by atoms with Crippen LogP contribution in [0.1, 0.15) is 44.8 Å². The number of aromatic amines is 1. The molecule has 5 heteroatoms. The Labute approximate surface area is 140 Å². The minimum Gasteiger partial charge on any atom is -0.378 e. The fourth-order valence-electron chi connectivity index (χ4n) is 3.03. The number of nitrogens with zero attached hydrogens (tertiary/aromatic N) is 3. The second-order valence-corrected chi connectivity index (χ2v) is 6.92. The molecule has 0 bridgehead atoms. The van der Waals surface area contributed by atoms with Crippen molar-refractivity contribution in [1.82, 2.24) is 19.7 Å². The molecule has 0 unspecified atom stereocenters. The zero-order valence-electron chi connectivity index (χ0n) is 13.9. The van der Waals surface area contributed by atoms with E-state index in [1.807, 2.05) is 24.7 Å². The first-order chi connectivity index (χ1) is 11.5. The summed E-state index contributed by atoms with van der Waals surface area (Å²) in [6, 6.07) is 2.56. The predicted octanol–water partition coefficient (Wildman–Crippen LogP) is 3.27. The number of H-pyrrole nitrogens is 1. The molecule has 122 valence electrons. The van der Waals surface area contributed by atoms with Crippen LogP contribution in [0.2, 0.25) is 0 Å². The predicted molar refractivity (Wildman–Crippen MR) is 93.4 cm³/mol. The summed E-state index contributed by atoms with van der Waals surface area (Å²) in [5.41, 5.74) is 2.97. The fourth-order valence-corrected chi connectivity index (χ4v) is 3.03. The molecular formula is C19H20N4O. The summed E-state index contributed by atoms with van der Waals surface area (Å²) in [7, 11) is 0. The van der Waals surface area contributed by atoms with Crippen LogP contribution in [0, 0.1) is 11.8 Å². The van der Waals surface area contributed by atoms with Crippen molar-refractivity contribution in [3.05, 3.63) is 36.5 Å². The maximum atomic E-state index is 9.80. The second-order valence-electron chi connectivity index (χ2n) is 6.92. The summed E-state index contributed by atoms with van der Waals surface area (Å²) in [5, 5.41) is 17.9. The minimum atomic E-state index is -1.03. The number of fused-ring (bicyclic) bond motifs is 1. The lowest BCUT2D eigenvalue weighted by atomic mass is 9.93.